The molecule has 1 saturated heterocycles. The van der Waals surface area contributed by atoms with Crippen molar-refractivity contribution in [2.75, 3.05) is 25.0 Å². The van der Waals surface area contributed by atoms with Gasteiger partial charge in [0.25, 0.3) is 5.91 Å². The molecule has 1 aliphatic heterocycles. The summed E-state index contributed by atoms with van der Waals surface area (Å²) in [6.07, 6.45) is 2.46. The number of carbonyl (C=O) groups excluding carboxylic acids is 3. The molecular weight excluding hydrogens is 432 g/mol. The van der Waals surface area contributed by atoms with Crippen LogP contribution in [-0.2, 0) is 19.6 Å². The zero-order valence-electron chi connectivity index (χ0n) is 19.5. The van der Waals surface area contributed by atoms with E-state index >= 15 is 0 Å². The minimum absolute atomic E-state index is 0.0713. The largest absolute Gasteiger partial charge is 0.325 e. The number of nitrogens with one attached hydrogen (secondary N) is 2. The van der Waals surface area contributed by atoms with Gasteiger partial charge in [-0.3, -0.25) is 14.5 Å². The summed E-state index contributed by atoms with van der Waals surface area (Å²) in [5, 5.41) is 5.44. The molecule has 0 bridgehead atoms. The summed E-state index contributed by atoms with van der Waals surface area (Å²) in [6.45, 7) is 9.36. The van der Waals surface area contributed by atoms with E-state index in [4.69, 9.17) is 0 Å². The van der Waals surface area contributed by atoms with Gasteiger partial charge in [-0.15, -0.1) is 0 Å². The molecule has 32 heavy (non-hydrogen) atoms. The van der Waals surface area contributed by atoms with E-state index in [1.54, 1.807) is 26.8 Å². The van der Waals surface area contributed by atoms with Gasteiger partial charge in [0.15, 0.2) is 0 Å². The average molecular weight is 467 g/mol. The second kappa shape index (κ2) is 10.4. The first-order valence-corrected chi connectivity index (χ1v) is 12.5. The number of hydrogen-bond donors (Lipinski definition) is 2. The molecule has 1 aliphatic rings. The Morgan fingerprint density at radius 3 is 2.22 bits per heavy atom. The number of aryl methyl sites for hydroxylation is 1. The van der Waals surface area contributed by atoms with Crippen molar-refractivity contribution in [3.05, 3.63) is 23.8 Å². The van der Waals surface area contributed by atoms with Gasteiger partial charge in [0.2, 0.25) is 15.9 Å². The van der Waals surface area contributed by atoms with Gasteiger partial charge in [-0.1, -0.05) is 46.6 Å². The van der Waals surface area contributed by atoms with E-state index in [-0.39, 0.29) is 4.90 Å². The van der Waals surface area contributed by atoms with Crippen molar-refractivity contribution in [3.63, 3.8) is 0 Å². The molecule has 0 spiro atoms. The first-order valence-electron chi connectivity index (χ1n) is 11.1. The molecule has 4 amide bonds. The highest BCUT2D eigenvalue weighted by molar-refractivity contribution is 7.89. The Balaban J connectivity index is 2.22. The molecule has 1 aromatic rings. The minimum atomic E-state index is -3.69. The fourth-order valence-electron chi connectivity index (χ4n) is 4.08. The second-order valence-electron chi connectivity index (χ2n) is 8.02. The van der Waals surface area contributed by atoms with Crippen LogP contribution in [0.1, 0.15) is 58.9 Å². The summed E-state index contributed by atoms with van der Waals surface area (Å²) < 4.78 is 27.0. The third kappa shape index (κ3) is 5.12. The van der Waals surface area contributed by atoms with Crippen LogP contribution < -0.4 is 10.6 Å². The predicted octanol–water partition coefficient (Wildman–Crippen LogP) is 2.85. The van der Waals surface area contributed by atoms with Crippen molar-refractivity contribution in [1.29, 1.82) is 0 Å². The van der Waals surface area contributed by atoms with Gasteiger partial charge in [-0.2, -0.15) is 4.31 Å². The molecule has 0 atom stereocenters. The number of hydrogen-bond acceptors (Lipinski definition) is 5. The average Bonchev–Trinajstić information content (AvgIpc) is 2.95. The van der Waals surface area contributed by atoms with Gasteiger partial charge in [-0.05, 0) is 37.5 Å². The highest BCUT2D eigenvalue weighted by Gasteiger charge is 2.50. The van der Waals surface area contributed by atoms with Gasteiger partial charge < -0.3 is 10.6 Å². The van der Waals surface area contributed by atoms with Crippen molar-refractivity contribution >= 4 is 33.6 Å². The van der Waals surface area contributed by atoms with Crippen LogP contribution >= 0.6 is 0 Å². The highest BCUT2D eigenvalue weighted by Crippen LogP contribution is 2.28. The normalized spacial score (nSPS) is 15.9. The summed E-state index contributed by atoms with van der Waals surface area (Å²) in [4.78, 5) is 39.1. The lowest BCUT2D eigenvalue weighted by molar-refractivity contribution is -0.134. The Morgan fingerprint density at radius 1 is 1.09 bits per heavy atom. The number of carbonyl (C=O) groups is 3. The molecule has 2 N–H and O–H groups in total. The first kappa shape index (κ1) is 25.8. The quantitative estimate of drug-likeness (QED) is 0.487. The van der Waals surface area contributed by atoms with Crippen molar-refractivity contribution in [2.45, 2.75) is 70.7 Å². The Kier molecular flexibility index (Phi) is 8.41. The smallest absolute Gasteiger partial charge is 0.324 e. The molecule has 2 rings (SSSR count). The number of benzene rings is 1. The number of anilines is 1. The molecule has 0 saturated carbocycles. The van der Waals surface area contributed by atoms with Crippen LogP contribution in [0.25, 0.3) is 0 Å². The van der Waals surface area contributed by atoms with Gasteiger partial charge in [0.05, 0.1) is 4.90 Å². The molecule has 1 heterocycles. The SMILES string of the molecule is CCCC1(CCC)NC(=O)N(CC(=O)Nc2cc(S(=O)(=O)N(CC)CC)ccc2C)C1=O. The molecule has 178 valence electrons. The molecule has 0 unspecified atom stereocenters. The van der Waals surface area contributed by atoms with E-state index < -0.39 is 40.0 Å². The Labute approximate surface area is 190 Å². The van der Waals surface area contributed by atoms with Crippen LogP contribution in [0.15, 0.2) is 23.1 Å². The van der Waals surface area contributed by atoms with Crippen molar-refractivity contribution in [1.82, 2.24) is 14.5 Å². The van der Waals surface area contributed by atoms with Crippen LogP contribution in [0.2, 0.25) is 0 Å². The van der Waals surface area contributed by atoms with Crippen LogP contribution in [0.4, 0.5) is 10.5 Å². The molecule has 1 fully saturated rings. The number of rotatable bonds is 11. The molecule has 0 radical (unpaired) electrons. The van der Waals surface area contributed by atoms with Crippen molar-refractivity contribution < 1.29 is 22.8 Å². The minimum Gasteiger partial charge on any atom is -0.324 e. The number of urea groups is 1. The van der Waals surface area contributed by atoms with Crippen molar-refractivity contribution in [3.8, 4) is 0 Å². The summed E-state index contributed by atoms with van der Waals surface area (Å²) >= 11 is 0. The van der Waals surface area contributed by atoms with E-state index in [0.717, 1.165) is 17.7 Å². The fourth-order valence-corrected chi connectivity index (χ4v) is 5.56. The lowest BCUT2D eigenvalue weighted by atomic mass is 9.88. The standard InChI is InChI=1S/C22H34N4O5S/c1-6-12-22(13-7-2)20(28)26(21(29)24-22)15-19(27)23-18-14-17(11-10-16(18)5)32(30,31)25(8-3)9-4/h10-11,14H,6-9,12-13,15H2,1-5H3,(H,23,27)(H,24,29). The molecule has 10 heteroatoms. The van der Waals surface area contributed by atoms with Crippen LogP contribution in [0.3, 0.4) is 0 Å². The van der Waals surface area contributed by atoms with E-state index in [2.05, 4.69) is 10.6 Å². The summed E-state index contributed by atoms with van der Waals surface area (Å²) in [5.41, 5.74) is 0.0261. The maximum atomic E-state index is 13.0. The van der Waals surface area contributed by atoms with Gasteiger partial charge in [0, 0.05) is 18.8 Å². The third-order valence-electron chi connectivity index (χ3n) is 5.73. The van der Waals surface area contributed by atoms with E-state index in [9.17, 15) is 22.8 Å². The number of sulfonamides is 1. The predicted molar refractivity (Wildman–Crippen MR) is 123 cm³/mol. The lowest BCUT2D eigenvalue weighted by Gasteiger charge is -2.25. The van der Waals surface area contributed by atoms with Gasteiger partial charge in [-0.25, -0.2) is 13.2 Å². The maximum absolute atomic E-state index is 13.0. The summed E-state index contributed by atoms with van der Waals surface area (Å²) in [6, 6.07) is 3.94. The molecule has 0 aromatic heterocycles. The zero-order valence-corrected chi connectivity index (χ0v) is 20.3. The zero-order chi connectivity index (χ0) is 24.1. The first-order chi connectivity index (χ1) is 15.1. The fraction of sp³-hybridized carbons (Fsp3) is 0.591. The lowest BCUT2D eigenvalue weighted by Crippen LogP contribution is -2.47. The van der Waals surface area contributed by atoms with E-state index in [1.165, 1.54) is 16.4 Å². The topological polar surface area (TPSA) is 116 Å². The molecule has 9 nitrogen and oxygen atoms in total. The Bertz CT molecular complexity index is 967. The van der Waals surface area contributed by atoms with Crippen LogP contribution in [-0.4, -0.2) is 60.6 Å². The number of imide groups is 1. The molecule has 1 aromatic carbocycles. The second-order valence-corrected chi connectivity index (χ2v) is 9.96. The maximum Gasteiger partial charge on any atom is 0.325 e. The molecular formula is C22H34N4O5S. The van der Waals surface area contributed by atoms with E-state index in [0.29, 0.717) is 37.2 Å². The summed E-state index contributed by atoms with van der Waals surface area (Å²) in [5.74, 6) is -0.964. The summed E-state index contributed by atoms with van der Waals surface area (Å²) in [7, 11) is -3.69. The monoisotopic (exact) mass is 466 g/mol. The van der Waals surface area contributed by atoms with E-state index in [1.807, 2.05) is 13.8 Å². The van der Waals surface area contributed by atoms with Gasteiger partial charge >= 0.3 is 6.03 Å². The number of amides is 4. The van der Waals surface area contributed by atoms with Crippen LogP contribution in [0, 0.1) is 6.92 Å². The third-order valence-corrected chi connectivity index (χ3v) is 7.77. The molecule has 0 aliphatic carbocycles. The van der Waals surface area contributed by atoms with Gasteiger partial charge in [0.1, 0.15) is 12.1 Å². The Hall–Kier alpha value is -2.46. The number of nitrogens with zero attached hydrogens (tertiary/aromatic N) is 2. The highest BCUT2D eigenvalue weighted by atomic mass is 32.2. The Morgan fingerprint density at radius 2 is 1.69 bits per heavy atom. The van der Waals surface area contributed by atoms with Crippen LogP contribution in [0.5, 0.6) is 0 Å². The van der Waals surface area contributed by atoms with Crippen molar-refractivity contribution in [2.24, 2.45) is 0 Å².